The molecule has 1 N–H and O–H groups in total. The minimum absolute atomic E-state index is 0.0688. The van der Waals surface area contributed by atoms with E-state index in [1.807, 2.05) is 25.1 Å². The molecule has 0 bridgehead atoms. The number of aliphatic hydroxyl groups excluding tert-OH is 1. The molecule has 1 fully saturated rings. The number of anilines is 1. The van der Waals surface area contributed by atoms with E-state index in [0.29, 0.717) is 18.7 Å². The average molecular weight is 333 g/mol. The van der Waals surface area contributed by atoms with Gasteiger partial charge < -0.3 is 14.9 Å². The van der Waals surface area contributed by atoms with Crippen molar-refractivity contribution < 1.29 is 10.0 Å². The Balaban J connectivity index is 1.97. The number of nitriles is 1. The number of β-amino-alcohol motifs (C(OH)–C–C–N with tert-alkyl or cyclic N) is 1. The lowest BCUT2D eigenvalue weighted by atomic mass is 10.1. The molecule has 0 aromatic heterocycles. The van der Waals surface area contributed by atoms with E-state index >= 15 is 0 Å². The normalized spacial score (nSPS) is 16.9. The smallest absolute Gasteiger partial charge is 0.270 e. The molecule has 0 saturated carbocycles. The molecule has 1 aromatic carbocycles. The van der Waals surface area contributed by atoms with Crippen LogP contribution in [0, 0.1) is 21.4 Å². The van der Waals surface area contributed by atoms with Gasteiger partial charge in [0.1, 0.15) is 6.07 Å². The van der Waals surface area contributed by atoms with E-state index in [2.05, 4.69) is 9.80 Å². The maximum atomic E-state index is 10.8. The zero-order valence-corrected chi connectivity index (χ0v) is 14.1. The molecule has 1 aromatic rings. The van der Waals surface area contributed by atoms with Gasteiger partial charge in [0, 0.05) is 51.4 Å². The third-order valence-electron chi connectivity index (χ3n) is 4.07. The molecule has 24 heavy (non-hydrogen) atoms. The molecule has 0 aliphatic carbocycles. The first-order valence-corrected chi connectivity index (χ1v) is 7.89. The highest BCUT2D eigenvalue weighted by atomic mass is 16.6. The van der Waals surface area contributed by atoms with Crippen LogP contribution in [-0.4, -0.2) is 79.3 Å². The number of piperazine rings is 1. The van der Waals surface area contributed by atoms with Crippen LogP contribution in [0.3, 0.4) is 0 Å². The summed E-state index contributed by atoms with van der Waals surface area (Å²) in [6, 6.07) is 6.45. The van der Waals surface area contributed by atoms with E-state index in [1.54, 1.807) is 6.07 Å². The van der Waals surface area contributed by atoms with Gasteiger partial charge in [0.25, 0.3) is 5.69 Å². The summed E-state index contributed by atoms with van der Waals surface area (Å²) in [6.07, 6.45) is -0.388. The van der Waals surface area contributed by atoms with E-state index in [0.717, 1.165) is 31.9 Å². The summed E-state index contributed by atoms with van der Waals surface area (Å²) in [5.41, 5.74) is 0.989. The van der Waals surface area contributed by atoms with Gasteiger partial charge in [0.2, 0.25) is 0 Å². The lowest BCUT2D eigenvalue weighted by Crippen LogP contribution is -2.49. The van der Waals surface area contributed by atoms with Crippen LogP contribution >= 0.6 is 0 Å². The maximum Gasteiger partial charge on any atom is 0.270 e. The second-order valence-electron chi connectivity index (χ2n) is 6.27. The summed E-state index contributed by atoms with van der Waals surface area (Å²) < 4.78 is 0. The van der Waals surface area contributed by atoms with Gasteiger partial charge in [0.05, 0.1) is 22.3 Å². The largest absolute Gasteiger partial charge is 0.390 e. The molecule has 0 radical (unpaired) electrons. The fourth-order valence-corrected chi connectivity index (χ4v) is 2.95. The molecule has 1 saturated heterocycles. The van der Waals surface area contributed by atoms with Crippen molar-refractivity contribution in [2.75, 3.05) is 58.3 Å². The average Bonchev–Trinajstić information content (AvgIpc) is 2.54. The molecule has 8 heteroatoms. The maximum absolute atomic E-state index is 10.8. The molecule has 1 aliphatic heterocycles. The highest BCUT2D eigenvalue weighted by Crippen LogP contribution is 2.25. The van der Waals surface area contributed by atoms with Crippen molar-refractivity contribution >= 4 is 11.4 Å². The second kappa shape index (κ2) is 8.06. The van der Waals surface area contributed by atoms with Crippen molar-refractivity contribution in [1.29, 1.82) is 5.26 Å². The minimum atomic E-state index is -0.491. The Hall–Kier alpha value is -2.21. The second-order valence-corrected chi connectivity index (χ2v) is 6.27. The standard InChI is InChI=1S/C16H23N5O3/c1-18(2)11-15(22)12-19-5-7-20(8-6-19)16-4-3-14(21(23)24)9-13(16)10-17/h3-4,9,15,22H,5-8,11-12H2,1-2H3. The van der Waals surface area contributed by atoms with E-state index < -0.39 is 4.92 Å². The number of aliphatic hydroxyl groups is 1. The number of benzene rings is 1. The summed E-state index contributed by atoms with van der Waals surface area (Å²) in [5.74, 6) is 0. The number of nitro benzene ring substituents is 1. The van der Waals surface area contributed by atoms with Gasteiger partial charge >= 0.3 is 0 Å². The van der Waals surface area contributed by atoms with Gasteiger partial charge in [-0.05, 0) is 20.2 Å². The Bertz CT molecular complexity index is 621. The summed E-state index contributed by atoms with van der Waals surface area (Å²) in [6.45, 7) is 4.26. The van der Waals surface area contributed by atoms with Gasteiger partial charge in [-0.1, -0.05) is 0 Å². The van der Waals surface area contributed by atoms with Gasteiger partial charge in [0.15, 0.2) is 0 Å². The van der Waals surface area contributed by atoms with E-state index in [1.165, 1.54) is 12.1 Å². The number of hydrogen-bond acceptors (Lipinski definition) is 7. The summed E-state index contributed by atoms with van der Waals surface area (Å²) in [7, 11) is 3.86. The van der Waals surface area contributed by atoms with Crippen molar-refractivity contribution in [3.8, 4) is 6.07 Å². The topological polar surface area (TPSA) is 96.9 Å². The molecule has 8 nitrogen and oxygen atoms in total. The molecule has 2 rings (SSSR count). The molecule has 0 amide bonds. The predicted molar refractivity (Wildman–Crippen MR) is 91.0 cm³/mol. The van der Waals surface area contributed by atoms with Gasteiger partial charge in [-0.25, -0.2) is 0 Å². The third kappa shape index (κ3) is 4.64. The van der Waals surface area contributed by atoms with Crippen LogP contribution < -0.4 is 4.90 Å². The van der Waals surface area contributed by atoms with Crippen LogP contribution in [0.4, 0.5) is 11.4 Å². The Labute approximate surface area is 141 Å². The first-order chi connectivity index (χ1) is 11.4. The molecular formula is C16H23N5O3. The molecular weight excluding hydrogens is 310 g/mol. The van der Waals surface area contributed by atoms with Gasteiger partial charge in [-0.15, -0.1) is 0 Å². The Morgan fingerprint density at radius 1 is 1.38 bits per heavy atom. The van der Waals surface area contributed by atoms with E-state index in [9.17, 15) is 20.5 Å². The van der Waals surface area contributed by atoms with Gasteiger partial charge in [-0.2, -0.15) is 5.26 Å². The predicted octanol–water partition coefficient (Wildman–Crippen LogP) is 0.511. The van der Waals surface area contributed by atoms with Gasteiger partial charge in [-0.3, -0.25) is 15.0 Å². The lowest BCUT2D eigenvalue weighted by Gasteiger charge is -2.37. The fraction of sp³-hybridized carbons (Fsp3) is 0.562. The van der Waals surface area contributed by atoms with Crippen LogP contribution in [0.5, 0.6) is 0 Å². The highest BCUT2D eigenvalue weighted by molar-refractivity contribution is 5.63. The molecule has 1 atom stereocenters. The zero-order chi connectivity index (χ0) is 17.7. The fourth-order valence-electron chi connectivity index (χ4n) is 2.95. The van der Waals surface area contributed by atoms with Crippen molar-refractivity contribution in [2.24, 2.45) is 0 Å². The van der Waals surface area contributed by atoms with Crippen molar-refractivity contribution in [2.45, 2.75) is 6.10 Å². The van der Waals surface area contributed by atoms with Crippen LogP contribution in [0.1, 0.15) is 5.56 Å². The van der Waals surface area contributed by atoms with E-state index in [-0.39, 0.29) is 11.8 Å². The van der Waals surface area contributed by atoms with Crippen LogP contribution in [0.15, 0.2) is 18.2 Å². The molecule has 1 heterocycles. The zero-order valence-electron chi connectivity index (χ0n) is 14.1. The number of likely N-dealkylation sites (N-methyl/N-ethyl adjacent to an activating group) is 1. The molecule has 130 valence electrons. The first kappa shape index (κ1) is 18.1. The summed E-state index contributed by atoms with van der Waals surface area (Å²) >= 11 is 0. The quantitative estimate of drug-likeness (QED) is 0.598. The highest BCUT2D eigenvalue weighted by Gasteiger charge is 2.22. The minimum Gasteiger partial charge on any atom is -0.390 e. The summed E-state index contributed by atoms with van der Waals surface area (Å²) in [5, 5.41) is 30.1. The van der Waals surface area contributed by atoms with Crippen molar-refractivity contribution in [3.63, 3.8) is 0 Å². The molecule has 0 spiro atoms. The number of non-ortho nitro benzene ring substituents is 1. The Morgan fingerprint density at radius 2 is 2.04 bits per heavy atom. The van der Waals surface area contributed by atoms with Crippen LogP contribution in [0.25, 0.3) is 0 Å². The molecule has 1 unspecified atom stereocenters. The van der Waals surface area contributed by atoms with Crippen LogP contribution in [0.2, 0.25) is 0 Å². The number of nitro groups is 1. The Kier molecular flexibility index (Phi) is 6.09. The number of rotatable bonds is 6. The number of nitrogens with zero attached hydrogens (tertiary/aromatic N) is 5. The lowest BCUT2D eigenvalue weighted by molar-refractivity contribution is -0.384. The van der Waals surface area contributed by atoms with Crippen LogP contribution in [-0.2, 0) is 0 Å². The monoisotopic (exact) mass is 333 g/mol. The third-order valence-corrected chi connectivity index (χ3v) is 4.07. The van der Waals surface area contributed by atoms with Crippen molar-refractivity contribution in [3.05, 3.63) is 33.9 Å². The molecule has 1 aliphatic rings. The van der Waals surface area contributed by atoms with E-state index in [4.69, 9.17) is 0 Å². The summed E-state index contributed by atoms with van der Waals surface area (Å²) in [4.78, 5) is 16.6. The number of hydrogen-bond donors (Lipinski definition) is 1. The first-order valence-electron chi connectivity index (χ1n) is 7.89. The van der Waals surface area contributed by atoms with Crippen molar-refractivity contribution in [1.82, 2.24) is 9.80 Å². The Morgan fingerprint density at radius 3 is 2.58 bits per heavy atom. The SMILES string of the molecule is CN(C)CC(O)CN1CCN(c2ccc([N+](=O)[O-])cc2C#N)CC1.